The highest BCUT2D eigenvalue weighted by molar-refractivity contribution is 14.1. The standard InChI is InChI=1S/C14H9BrIN5O/c15-11-5-6-12(21-7-17-18-8-21)20-13(11)14(22)19-10-3-1-9(16)2-4-10/h1-8H,(H,19,22). The van der Waals surface area contributed by atoms with Crippen LogP contribution in [0, 0.1) is 3.57 Å². The summed E-state index contributed by atoms with van der Waals surface area (Å²) in [6.45, 7) is 0. The van der Waals surface area contributed by atoms with Crippen LogP contribution in [-0.4, -0.2) is 25.7 Å². The predicted molar refractivity (Wildman–Crippen MR) is 94.0 cm³/mol. The summed E-state index contributed by atoms with van der Waals surface area (Å²) in [7, 11) is 0. The van der Waals surface area contributed by atoms with Crippen LogP contribution in [0.2, 0.25) is 0 Å². The Hall–Kier alpha value is -1.81. The Labute approximate surface area is 148 Å². The largest absolute Gasteiger partial charge is 0.321 e. The van der Waals surface area contributed by atoms with Gasteiger partial charge in [-0.25, -0.2) is 4.98 Å². The molecule has 3 aromatic rings. The molecule has 3 rings (SSSR count). The van der Waals surface area contributed by atoms with Gasteiger partial charge in [-0.3, -0.25) is 9.36 Å². The third-order valence-electron chi connectivity index (χ3n) is 2.83. The molecule has 2 heterocycles. The summed E-state index contributed by atoms with van der Waals surface area (Å²) in [5, 5.41) is 10.3. The van der Waals surface area contributed by atoms with Gasteiger partial charge in [-0.2, -0.15) is 0 Å². The highest BCUT2D eigenvalue weighted by atomic mass is 127. The predicted octanol–water partition coefficient (Wildman–Crippen LogP) is 3.28. The molecule has 0 bridgehead atoms. The van der Waals surface area contributed by atoms with E-state index in [2.05, 4.69) is 59.0 Å². The number of rotatable bonds is 3. The number of hydrogen-bond donors (Lipinski definition) is 1. The van der Waals surface area contributed by atoms with Crippen LogP contribution in [0.1, 0.15) is 10.5 Å². The number of nitrogens with zero attached hydrogens (tertiary/aromatic N) is 4. The zero-order chi connectivity index (χ0) is 15.5. The van der Waals surface area contributed by atoms with Gasteiger partial charge in [-0.05, 0) is 74.9 Å². The number of benzene rings is 1. The Balaban J connectivity index is 1.88. The summed E-state index contributed by atoms with van der Waals surface area (Å²) in [5.41, 5.74) is 1.01. The summed E-state index contributed by atoms with van der Waals surface area (Å²) in [5.74, 6) is 0.281. The van der Waals surface area contributed by atoms with Gasteiger partial charge in [-0.1, -0.05) is 0 Å². The van der Waals surface area contributed by atoms with Crippen LogP contribution in [-0.2, 0) is 0 Å². The maximum Gasteiger partial charge on any atom is 0.275 e. The molecule has 1 aromatic carbocycles. The Bertz CT molecular complexity index is 805. The van der Waals surface area contributed by atoms with Crippen molar-refractivity contribution in [3.8, 4) is 5.82 Å². The minimum absolute atomic E-state index is 0.289. The first kappa shape index (κ1) is 15.1. The second-order valence-electron chi connectivity index (χ2n) is 4.33. The molecule has 0 unspecified atom stereocenters. The zero-order valence-corrected chi connectivity index (χ0v) is 14.8. The monoisotopic (exact) mass is 469 g/mol. The molecule has 0 aliphatic rings. The fourth-order valence-corrected chi connectivity index (χ4v) is 2.54. The summed E-state index contributed by atoms with van der Waals surface area (Å²) in [4.78, 5) is 16.7. The maximum absolute atomic E-state index is 12.4. The summed E-state index contributed by atoms with van der Waals surface area (Å²) in [6, 6.07) is 11.1. The van der Waals surface area contributed by atoms with E-state index in [0.717, 1.165) is 3.57 Å². The molecule has 0 saturated heterocycles. The minimum atomic E-state index is -0.289. The third-order valence-corrected chi connectivity index (χ3v) is 4.19. The van der Waals surface area contributed by atoms with Crippen LogP contribution in [0.15, 0.2) is 53.5 Å². The van der Waals surface area contributed by atoms with Gasteiger partial charge in [-0.15, -0.1) is 10.2 Å². The molecule has 1 amide bonds. The molecule has 0 fully saturated rings. The molecular formula is C14H9BrIN5O. The Morgan fingerprint density at radius 1 is 1.09 bits per heavy atom. The second kappa shape index (κ2) is 6.53. The lowest BCUT2D eigenvalue weighted by molar-refractivity contribution is 0.102. The number of pyridine rings is 1. The Morgan fingerprint density at radius 3 is 2.45 bits per heavy atom. The van der Waals surface area contributed by atoms with Gasteiger partial charge in [0.1, 0.15) is 24.2 Å². The van der Waals surface area contributed by atoms with Crippen molar-refractivity contribution >= 4 is 50.1 Å². The summed E-state index contributed by atoms with van der Waals surface area (Å²) >= 11 is 5.56. The normalized spacial score (nSPS) is 10.5. The smallest absolute Gasteiger partial charge is 0.275 e. The van der Waals surface area contributed by atoms with Crippen LogP contribution in [0.3, 0.4) is 0 Å². The molecule has 0 atom stereocenters. The number of nitrogens with one attached hydrogen (secondary N) is 1. The topological polar surface area (TPSA) is 72.7 Å². The summed E-state index contributed by atoms with van der Waals surface area (Å²) < 4.78 is 3.35. The highest BCUT2D eigenvalue weighted by Gasteiger charge is 2.14. The minimum Gasteiger partial charge on any atom is -0.321 e. The van der Waals surface area contributed by atoms with Crippen molar-refractivity contribution in [1.82, 2.24) is 19.7 Å². The van der Waals surface area contributed by atoms with Crippen molar-refractivity contribution in [3.63, 3.8) is 0 Å². The SMILES string of the molecule is O=C(Nc1ccc(I)cc1)c1nc(-n2cnnc2)ccc1Br. The molecule has 0 saturated carbocycles. The molecule has 1 N–H and O–H groups in total. The molecule has 6 nitrogen and oxygen atoms in total. The lowest BCUT2D eigenvalue weighted by atomic mass is 10.3. The average molecular weight is 470 g/mol. The van der Waals surface area contributed by atoms with Gasteiger partial charge in [0.05, 0.1) is 0 Å². The number of anilines is 1. The molecule has 22 heavy (non-hydrogen) atoms. The van der Waals surface area contributed by atoms with E-state index in [1.54, 1.807) is 16.7 Å². The molecule has 8 heteroatoms. The van der Waals surface area contributed by atoms with Crippen LogP contribution in [0.5, 0.6) is 0 Å². The number of hydrogen-bond acceptors (Lipinski definition) is 4. The van der Waals surface area contributed by atoms with E-state index in [9.17, 15) is 4.79 Å². The number of halogens is 2. The quantitative estimate of drug-likeness (QED) is 0.597. The first-order valence-corrected chi connectivity index (χ1v) is 8.09. The number of amides is 1. The van der Waals surface area contributed by atoms with Gasteiger partial charge < -0.3 is 5.32 Å². The fraction of sp³-hybridized carbons (Fsp3) is 0. The van der Waals surface area contributed by atoms with Gasteiger partial charge in [0, 0.05) is 13.7 Å². The zero-order valence-electron chi connectivity index (χ0n) is 11.1. The van der Waals surface area contributed by atoms with Crippen LogP contribution in [0.25, 0.3) is 5.82 Å². The molecule has 0 aliphatic heterocycles. The first-order valence-electron chi connectivity index (χ1n) is 6.22. The average Bonchev–Trinajstić information content (AvgIpc) is 3.04. The fourth-order valence-electron chi connectivity index (χ4n) is 1.78. The van der Waals surface area contributed by atoms with Crippen LogP contribution < -0.4 is 5.32 Å². The van der Waals surface area contributed by atoms with Gasteiger partial charge in [0.15, 0.2) is 0 Å². The van der Waals surface area contributed by atoms with Crippen molar-refractivity contribution < 1.29 is 4.79 Å². The van der Waals surface area contributed by atoms with Gasteiger partial charge in [0.25, 0.3) is 5.91 Å². The van der Waals surface area contributed by atoms with Crippen LogP contribution in [0.4, 0.5) is 5.69 Å². The van der Waals surface area contributed by atoms with Gasteiger partial charge in [0.2, 0.25) is 0 Å². The van der Waals surface area contributed by atoms with Crippen molar-refractivity contribution in [2.75, 3.05) is 5.32 Å². The lowest BCUT2D eigenvalue weighted by Gasteiger charge is -2.08. The first-order chi connectivity index (χ1) is 10.6. The highest BCUT2D eigenvalue weighted by Crippen LogP contribution is 2.19. The number of carbonyl (C=O) groups is 1. The number of aromatic nitrogens is 4. The third kappa shape index (κ3) is 3.33. The van der Waals surface area contributed by atoms with E-state index in [1.807, 2.05) is 24.3 Å². The lowest BCUT2D eigenvalue weighted by Crippen LogP contribution is -2.15. The second-order valence-corrected chi connectivity index (χ2v) is 6.43. The number of carbonyl (C=O) groups excluding carboxylic acids is 1. The Morgan fingerprint density at radius 2 is 1.77 bits per heavy atom. The van der Waals surface area contributed by atoms with E-state index in [0.29, 0.717) is 21.7 Å². The maximum atomic E-state index is 12.4. The van der Waals surface area contributed by atoms with E-state index < -0.39 is 0 Å². The van der Waals surface area contributed by atoms with Gasteiger partial charge >= 0.3 is 0 Å². The van der Waals surface area contributed by atoms with Crippen molar-refractivity contribution in [2.45, 2.75) is 0 Å². The van der Waals surface area contributed by atoms with E-state index in [1.165, 1.54) is 12.7 Å². The van der Waals surface area contributed by atoms with Crippen molar-refractivity contribution in [1.29, 1.82) is 0 Å². The van der Waals surface area contributed by atoms with Crippen molar-refractivity contribution in [2.24, 2.45) is 0 Å². The molecule has 0 spiro atoms. The summed E-state index contributed by atoms with van der Waals surface area (Å²) in [6.07, 6.45) is 3.05. The van der Waals surface area contributed by atoms with E-state index in [-0.39, 0.29) is 5.91 Å². The molecule has 2 aromatic heterocycles. The van der Waals surface area contributed by atoms with E-state index in [4.69, 9.17) is 0 Å². The molecular weight excluding hydrogens is 461 g/mol. The van der Waals surface area contributed by atoms with Crippen LogP contribution >= 0.6 is 38.5 Å². The van der Waals surface area contributed by atoms with E-state index >= 15 is 0 Å². The molecule has 0 aliphatic carbocycles. The molecule has 110 valence electrons. The Kier molecular flexibility index (Phi) is 4.48. The molecule has 0 radical (unpaired) electrons. The van der Waals surface area contributed by atoms with Crippen molar-refractivity contribution in [3.05, 3.63) is 62.8 Å².